The molecule has 1 atom stereocenters. The lowest BCUT2D eigenvalue weighted by Crippen LogP contribution is -2.43. The van der Waals surface area contributed by atoms with Crippen molar-refractivity contribution in [2.24, 2.45) is 0 Å². The second-order valence-corrected chi connectivity index (χ2v) is 10.9. The van der Waals surface area contributed by atoms with E-state index in [2.05, 4.69) is 5.32 Å². The second-order valence-electron chi connectivity index (χ2n) is 7.82. The highest BCUT2D eigenvalue weighted by molar-refractivity contribution is 7.89. The Morgan fingerprint density at radius 2 is 2.03 bits per heavy atom. The topological polar surface area (TPSA) is 96.0 Å². The summed E-state index contributed by atoms with van der Waals surface area (Å²) in [6.45, 7) is 7.19. The van der Waals surface area contributed by atoms with Crippen molar-refractivity contribution in [1.29, 1.82) is 0 Å². The molecule has 31 heavy (non-hydrogen) atoms. The zero-order valence-corrected chi connectivity index (χ0v) is 19.8. The molecule has 0 saturated carbocycles. The van der Waals surface area contributed by atoms with Gasteiger partial charge >= 0.3 is 0 Å². The van der Waals surface area contributed by atoms with Crippen LogP contribution >= 0.6 is 11.3 Å². The molecule has 0 saturated heterocycles. The minimum absolute atomic E-state index is 0.0410. The zero-order chi connectivity index (χ0) is 22.9. The minimum atomic E-state index is -3.95. The summed E-state index contributed by atoms with van der Waals surface area (Å²) in [6.07, 6.45) is -0.720. The summed E-state index contributed by atoms with van der Waals surface area (Å²) in [5.41, 5.74) is 0.885. The normalized spacial score (nSPS) is 16.1. The summed E-state index contributed by atoms with van der Waals surface area (Å²) in [7, 11) is -2.56. The Bertz CT molecular complexity index is 1080. The predicted octanol–water partition coefficient (Wildman–Crippen LogP) is 2.83. The average molecular weight is 466 g/mol. The highest BCUT2D eigenvalue weighted by Gasteiger charge is 2.31. The highest BCUT2D eigenvalue weighted by atomic mass is 32.2. The number of amides is 2. The van der Waals surface area contributed by atoms with Gasteiger partial charge in [-0.25, -0.2) is 8.42 Å². The van der Waals surface area contributed by atoms with Gasteiger partial charge in [0.15, 0.2) is 6.10 Å². The molecule has 10 heteroatoms. The molecule has 0 spiro atoms. The molecule has 0 aliphatic carbocycles. The van der Waals surface area contributed by atoms with Gasteiger partial charge in [0.1, 0.15) is 5.75 Å². The van der Waals surface area contributed by atoms with Crippen LogP contribution in [0.2, 0.25) is 0 Å². The number of rotatable bonds is 7. The molecule has 168 valence electrons. The van der Waals surface area contributed by atoms with Gasteiger partial charge in [0.25, 0.3) is 5.91 Å². The van der Waals surface area contributed by atoms with Crippen molar-refractivity contribution in [1.82, 2.24) is 9.21 Å². The molecule has 1 aliphatic rings. The molecule has 0 unspecified atom stereocenters. The van der Waals surface area contributed by atoms with E-state index in [-0.39, 0.29) is 35.0 Å². The fraction of sp³-hybridized carbons (Fsp3) is 0.429. The first kappa shape index (κ1) is 23.2. The molecule has 1 N–H and O–H groups in total. The Labute approximate surface area is 186 Å². The van der Waals surface area contributed by atoms with E-state index in [1.165, 1.54) is 13.1 Å². The Morgan fingerprint density at radius 1 is 1.32 bits per heavy atom. The van der Waals surface area contributed by atoms with Crippen molar-refractivity contribution >= 4 is 38.9 Å². The first-order valence-corrected chi connectivity index (χ1v) is 12.2. The number of fused-ring (bicyclic) bond motifs is 1. The smallest absolute Gasteiger partial charge is 0.265 e. The van der Waals surface area contributed by atoms with Crippen LogP contribution < -0.4 is 10.1 Å². The molecule has 1 aromatic carbocycles. The maximum Gasteiger partial charge on any atom is 0.265 e. The van der Waals surface area contributed by atoms with Crippen molar-refractivity contribution in [3.05, 3.63) is 40.1 Å². The molecule has 8 nitrogen and oxygen atoms in total. The van der Waals surface area contributed by atoms with E-state index in [0.29, 0.717) is 17.8 Å². The number of carbonyl (C=O) groups excluding carboxylic acids is 2. The van der Waals surface area contributed by atoms with E-state index >= 15 is 0 Å². The standard InChI is InChI=1S/C21H27N3O5S2/c1-13(2)24(11-16-7-6-8-30-16)20(25)12-23(5)31(27,28)19-10-18-17(9-14(19)3)22-21(26)15(4)29-18/h6-10,13,15H,11-12H2,1-5H3,(H,22,26)/t15-/m0/s1. The van der Waals surface area contributed by atoms with E-state index in [0.717, 1.165) is 9.18 Å². The van der Waals surface area contributed by atoms with E-state index in [1.807, 2.05) is 31.4 Å². The van der Waals surface area contributed by atoms with Crippen molar-refractivity contribution in [3.63, 3.8) is 0 Å². The SMILES string of the molecule is Cc1cc2c(cc1S(=O)(=O)N(C)CC(=O)N(Cc1cccs1)C(C)C)O[C@@H](C)C(=O)N2. The molecule has 0 bridgehead atoms. The van der Waals surface area contributed by atoms with Gasteiger partial charge in [0.2, 0.25) is 15.9 Å². The van der Waals surface area contributed by atoms with Gasteiger partial charge in [-0.2, -0.15) is 4.31 Å². The summed E-state index contributed by atoms with van der Waals surface area (Å²) in [4.78, 5) is 27.5. The van der Waals surface area contributed by atoms with Gasteiger partial charge in [0.05, 0.1) is 23.7 Å². The van der Waals surface area contributed by atoms with Crippen LogP contribution in [0.4, 0.5) is 5.69 Å². The first-order chi connectivity index (χ1) is 14.5. The number of ether oxygens (including phenoxy) is 1. The third-order valence-corrected chi connectivity index (χ3v) is 7.91. The predicted molar refractivity (Wildman–Crippen MR) is 120 cm³/mol. The van der Waals surface area contributed by atoms with Gasteiger partial charge in [-0.1, -0.05) is 6.07 Å². The number of anilines is 1. The van der Waals surface area contributed by atoms with Gasteiger partial charge < -0.3 is 15.0 Å². The molecule has 2 heterocycles. The lowest BCUT2D eigenvalue weighted by Gasteiger charge is -2.29. The van der Waals surface area contributed by atoms with Crippen LogP contribution in [0.15, 0.2) is 34.5 Å². The minimum Gasteiger partial charge on any atom is -0.479 e. The summed E-state index contributed by atoms with van der Waals surface area (Å²) >= 11 is 1.55. The number of sulfonamides is 1. The van der Waals surface area contributed by atoms with Crippen LogP contribution in [-0.2, 0) is 26.2 Å². The van der Waals surface area contributed by atoms with Gasteiger partial charge in [-0.15, -0.1) is 11.3 Å². The van der Waals surface area contributed by atoms with Crippen LogP contribution in [0.1, 0.15) is 31.2 Å². The number of benzene rings is 1. The molecule has 2 aromatic rings. The third kappa shape index (κ3) is 4.91. The van der Waals surface area contributed by atoms with Crippen LogP contribution in [0.3, 0.4) is 0 Å². The van der Waals surface area contributed by atoms with Crippen molar-refractivity contribution in [2.45, 2.75) is 51.3 Å². The Kier molecular flexibility index (Phi) is 6.73. The summed E-state index contributed by atoms with van der Waals surface area (Å²) in [5.74, 6) is -0.274. The lowest BCUT2D eigenvalue weighted by atomic mass is 10.1. The van der Waals surface area contributed by atoms with E-state index < -0.39 is 16.1 Å². The summed E-state index contributed by atoms with van der Waals surface area (Å²) in [6, 6.07) is 6.77. The van der Waals surface area contributed by atoms with Crippen LogP contribution in [-0.4, -0.2) is 55.2 Å². The van der Waals surface area contributed by atoms with Crippen LogP contribution in [0, 0.1) is 6.92 Å². The Hall–Kier alpha value is -2.43. The van der Waals surface area contributed by atoms with E-state index in [4.69, 9.17) is 4.74 Å². The monoisotopic (exact) mass is 465 g/mol. The molecule has 1 aromatic heterocycles. The molecular formula is C21H27N3O5S2. The average Bonchev–Trinajstić information content (AvgIpc) is 3.19. The molecule has 2 amide bonds. The maximum absolute atomic E-state index is 13.2. The quantitative estimate of drug-likeness (QED) is 0.678. The fourth-order valence-corrected chi connectivity index (χ4v) is 5.32. The number of thiophene rings is 1. The molecule has 1 aliphatic heterocycles. The molecule has 0 radical (unpaired) electrons. The van der Waals surface area contributed by atoms with Crippen molar-refractivity contribution in [3.8, 4) is 5.75 Å². The van der Waals surface area contributed by atoms with Crippen molar-refractivity contribution < 1.29 is 22.7 Å². The second kappa shape index (κ2) is 8.97. The number of hydrogen-bond acceptors (Lipinski definition) is 6. The zero-order valence-electron chi connectivity index (χ0n) is 18.2. The number of likely N-dealkylation sites (N-methyl/N-ethyl adjacent to an activating group) is 1. The van der Waals surface area contributed by atoms with Crippen molar-refractivity contribution in [2.75, 3.05) is 18.9 Å². The summed E-state index contributed by atoms with van der Waals surface area (Å²) in [5, 5.41) is 4.65. The first-order valence-electron chi connectivity index (χ1n) is 9.91. The number of aryl methyl sites for hydroxylation is 1. The maximum atomic E-state index is 13.2. The van der Waals surface area contributed by atoms with Crippen LogP contribution in [0.5, 0.6) is 5.75 Å². The molecule has 0 fully saturated rings. The third-order valence-electron chi connectivity index (χ3n) is 5.10. The van der Waals surface area contributed by atoms with E-state index in [1.54, 1.807) is 36.2 Å². The Balaban J connectivity index is 1.82. The number of hydrogen-bond donors (Lipinski definition) is 1. The molecule has 3 rings (SSSR count). The van der Waals surface area contributed by atoms with Gasteiger partial charge in [-0.05, 0) is 50.8 Å². The molecular weight excluding hydrogens is 438 g/mol. The number of nitrogens with one attached hydrogen (secondary N) is 1. The largest absolute Gasteiger partial charge is 0.479 e. The summed E-state index contributed by atoms with van der Waals surface area (Å²) < 4.78 is 33.1. The van der Waals surface area contributed by atoms with Gasteiger partial charge in [0, 0.05) is 24.0 Å². The number of carbonyl (C=O) groups is 2. The lowest BCUT2D eigenvalue weighted by molar-refractivity contribution is -0.133. The Morgan fingerprint density at radius 3 is 2.65 bits per heavy atom. The highest BCUT2D eigenvalue weighted by Crippen LogP contribution is 2.35. The van der Waals surface area contributed by atoms with E-state index in [9.17, 15) is 18.0 Å². The van der Waals surface area contributed by atoms with Crippen LogP contribution in [0.25, 0.3) is 0 Å². The van der Waals surface area contributed by atoms with Gasteiger partial charge in [-0.3, -0.25) is 9.59 Å². The number of nitrogens with zero attached hydrogens (tertiary/aromatic N) is 2. The fourth-order valence-electron chi connectivity index (χ4n) is 3.28.